The molecular weight excluding hydrogens is 579 g/mol. The molecular formula is C34H46Cl2N6O. The minimum absolute atomic E-state index is 0.110. The molecule has 1 fully saturated rings. The van der Waals surface area contributed by atoms with Gasteiger partial charge in [-0.3, -0.25) is 14.7 Å². The van der Waals surface area contributed by atoms with Crippen molar-refractivity contribution in [3.8, 4) is 0 Å². The van der Waals surface area contributed by atoms with Gasteiger partial charge >= 0.3 is 0 Å². The van der Waals surface area contributed by atoms with Crippen molar-refractivity contribution in [3.05, 3.63) is 81.8 Å². The number of hydrogen-bond donors (Lipinski definition) is 3. The van der Waals surface area contributed by atoms with Gasteiger partial charge in [-0.1, -0.05) is 85.6 Å². The van der Waals surface area contributed by atoms with Gasteiger partial charge in [-0.2, -0.15) is 0 Å². The van der Waals surface area contributed by atoms with Crippen molar-refractivity contribution < 1.29 is 4.79 Å². The van der Waals surface area contributed by atoms with E-state index in [0.717, 1.165) is 55.4 Å². The lowest BCUT2D eigenvalue weighted by atomic mass is 9.94. The lowest BCUT2D eigenvalue weighted by Crippen LogP contribution is -2.62. The second kappa shape index (κ2) is 15.8. The van der Waals surface area contributed by atoms with E-state index in [1.807, 2.05) is 24.3 Å². The number of nitrogens with two attached hydrogens (primary N) is 2. The SMILES string of the molecule is CN=C(N)NCCC[C@H]1CN(C(=O)Cc2ccc3ccccc3c2)[C@H](CC(C)C)CN1C[C@@H](N)Cc1ccc(Cl)cc1Cl. The van der Waals surface area contributed by atoms with Gasteiger partial charge in [-0.05, 0) is 65.6 Å². The van der Waals surface area contributed by atoms with Gasteiger partial charge in [-0.15, -0.1) is 0 Å². The second-order valence-corrected chi connectivity index (χ2v) is 13.0. The third-order valence-electron chi connectivity index (χ3n) is 8.27. The van der Waals surface area contributed by atoms with Crippen molar-refractivity contribution >= 4 is 45.8 Å². The van der Waals surface area contributed by atoms with Crippen LogP contribution in [0.25, 0.3) is 10.8 Å². The molecule has 1 amide bonds. The number of fused-ring (bicyclic) bond motifs is 1. The Labute approximate surface area is 266 Å². The van der Waals surface area contributed by atoms with E-state index in [2.05, 4.69) is 64.3 Å². The van der Waals surface area contributed by atoms with Crippen LogP contribution in [0.3, 0.4) is 0 Å². The zero-order valence-corrected chi connectivity index (χ0v) is 27.1. The molecule has 1 saturated heterocycles. The summed E-state index contributed by atoms with van der Waals surface area (Å²) < 4.78 is 0. The molecule has 9 heteroatoms. The highest BCUT2D eigenvalue weighted by Crippen LogP contribution is 2.27. The predicted octanol–water partition coefficient (Wildman–Crippen LogP) is 5.50. The van der Waals surface area contributed by atoms with Crippen LogP contribution in [0.4, 0.5) is 0 Å². The standard InChI is InChI=1S/C34H46Cl2N6O/c1-23(2)15-31-21-41(20-29(37)18-27-12-13-28(35)19-32(27)36)30(9-6-14-40-34(38)39-3)22-42(31)33(43)17-24-10-11-25-7-4-5-8-26(25)16-24/h4-5,7-8,10-13,16,19,23,29-31H,6,9,14-15,17-18,20-22,37H2,1-3H3,(H3,38,39,40)/t29-,30-,31+/m0/s1. The molecule has 0 bridgehead atoms. The molecule has 1 heterocycles. The average molecular weight is 626 g/mol. The zero-order chi connectivity index (χ0) is 30.9. The number of carbonyl (C=O) groups is 1. The van der Waals surface area contributed by atoms with E-state index in [4.69, 9.17) is 34.7 Å². The van der Waals surface area contributed by atoms with Crippen LogP contribution >= 0.6 is 23.2 Å². The quantitative estimate of drug-likeness (QED) is 0.140. The second-order valence-electron chi connectivity index (χ2n) is 12.2. The van der Waals surface area contributed by atoms with Crippen molar-refractivity contribution in [2.75, 3.05) is 33.2 Å². The van der Waals surface area contributed by atoms with E-state index in [9.17, 15) is 4.79 Å². The van der Waals surface area contributed by atoms with Crippen LogP contribution in [0, 0.1) is 5.92 Å². The average Bonchev–Trinajstić information content (AvgIpc) is 2.97. The number of piperazine rings is 1. The smallest absolute Gasteiger partial charge is 0.227 e. The molecule has 0 spiro atoms. The number of rotatable bonds is 12. The molecule has 7 nitrogen and oxygen atoms in total. The van der Waals surface area contributed by atoms with Crippen LogP contribution in [0.2, 0.25) is 10.0 Å². The number of guanidine groups is 1. The third kappa shape index (κ3) is 9.57. The Kier molecular flexibility index (Phi) is 12.1. The van der Waals surface area contributed by atoms with Crippen molar-refractivity contribution in [2.45, 2.75) is 64.1 Å². The van der Waals surface area contributed by atoms with Crippen LogP contribution < -0.4 is 16.8 Å². The summed E-state index contributed by atoms with van der Waals surface area (Å²) in [4.78, 5) is 22.6. The number of hydrogen-bond acceptors (Lipinski definition) is 4. The summed E-state index contributed by atoms with van der Waals surface area (Å²) in [6.07, 6.45) is 3.80. The summed E-state index contributed by atoms with van der Waals surface area (Å²) in [5.74, 6) is 1.08. The maximum absolute atomic E-state index is 13.9. The van der Waals surface area contributed by atoms with Crippen molar-refractivity contribution in [1.82, 2.24) is 15.1 Å². The summed E-state index contributed by atoms with van der Waals surface area (Å²) in [7, 11) is 1.67. The molecule has 0 aromatic heterocycles. The number of nitrogens with zero attached hydrogens (tertiary/aromatic N) is 3. The van der Waals surface area contributed by atoms with E-state index < -0.39 is 0 Å². The molecule has 4 rings (SSSR count). The van der Waals surface area contributed by atoms with Crippen LogP contribution in [-0.2, 0) is 17.6 Å². The summed E-state index contributed by atoms with van der Waals surface area (Å²) >= 11 is 12.6. The highest BCUT2D eigenvalue weighted by Gasteiger charge is 2.36. The van der Waals surface area contributed by atoms with E-state index in [0.29, 0.717) is 41.3 Å². The first-order chi connectivity index (χ1) is 20.6. The van der Waals surface area contributed by atoms with Gasteiger partial charge in [0.25, 0.3) is 0 Å². The summed E-state index contributed by atoms with van der Waals surface area (Å²) in [5.41, 5.74) is 14.6. The van der Waals surface area contributed by atoms with E-state index >= 15 is 0 Å². The number of amides is 1. The summed E-state index contributed by atoms with van der Waals surface area (Å²) in [6.45, 7) is 7.36. The van der Waals surface area contributed by atoms with Gasteiger partial charge in [0, 0.05) is 61.4 Å². The topological polar surface area (TPSA) is 100.0 Å². The monoisotopic (exact) mass is 624 g/mol. The Morgan fingerprint density at radius 3 is 2.53 bits per heavy atom. The minimum atomic E-state index is -0.110. The molecule has 3 aromatic carbocycles. The van der Waals surface area contributed by atoms with Crippen LogP contribution in [0.5, 0.6) is 0 Å². The van der Waals surface area contributed by atoms with Gasteiger partial charge in [0.15, 0.2) is 5.96 Å². The molecule has 232 valence electrons. The van der Waals surface area contributed by atoms with Gasteiger partial charge < -0.3 is 21.7 Å². The van der Waals surface area contributed by atoms with Gasteiger partial charge in [0.05, 0.1) is 6.42 Å². The third-order valence-corrected chi connectivity index (χ3v) is 8.86. The maximum Gasteiger partial charge on any atom is 0.227 e. The molecule has 0 radical (unpaired) electrons. The van der Waals surface area contributed by atoms with E-state index in [1.165, 1.54) is 5.39 Å². The molecule has 1 aliphatic heterocycles. The predicted molar refractivity (Wildman–Crippen MR) is 181 cm³/mol. The van der Waals surface area contributed by atoms with Gasteiger partial charge in [0.2, 0.25) is 5.91 Å². The fourth-order valence-corrected chi connectivity index (χ4v) is 6.64. The Hall–Kier alpha value is -2.84. The van der Waals surface area contributed by atoms with E-state index in [1.54, 1.807) is 13.1 Å². The number of aliphatic imine (C=N–C) groups is 1. The lowest BCUT2D eigenvalue weighted by Gasteiger charge is -2.48. The first-order valence-electron chi connectivity index (χ1n) is 15.3. The first kappa shape index (κ1) is 33.1. The maximum atomic E-state index is 13.9. The number of nitrogens with one attached hydrogen (secondary N) is 1. The molecule has 0 aliphatic carbocycles. The molecule has 0 unspecified atom stereocenters. The fourth-order valence-electron chi connectivity index (χ4n) is 6.15. The molecule has 1 aliphatic rings. The highest BCUT2D eigenvalue weighted by atomic mass is 35.5. The zero-order valence-electron chi connectivity index (χ0n) is 25.6. The Morgan fingerprint density at radius 2 is 1.81 bits per heavy atom. The Bertz CT molecular complexity index is 1400. The molecule has 5 N–H and O–H groups in total. The van der Waals surface area contributed by atoms with Crippen LogP contribution in [-0.4, -0.2) is 73.0 Å². The number of halogens is 2. The highest BCUT2D eigenvalue weighted by molar-refractivity contribution is 6.35. The van der Waals surface area contributed by atoms with Gasteiger partial charge in [0.1, 0.15) is 0 Å². The Balaban J connectivity index is 1.51. The lowest BCUT2D eigenvalue weighted by molar-refractivity contribution is -0.138. The molecule has 3 aromatic rings. The first-order valence-corrected chi connectivity index (χ1v) is 16.0. The largest absolute Gasteiger partial charge is 0.370 e. The molecule has 3 atom stereocenters. The van der Waals surface area contributed by atoms with E-state index in [-0.39, 0.29) is 24.0 Å². The van der Waals surface area contributed by atoms with Crippen LogP contribution in [0.1, 0.15) is 44.2 Å². The molecule has 0 saturated carbocycles. The van der Waals surface area contributed by atoms with Crippen molar-refractivity contribution in [2.24, 2.45) is 22.4 Å². The molecule has 43 heavy (non-hydrogen) atoms. The normalized spacial score (nSPS) is 18.8. The fraction of sp³-hybridized carbons (Fsp3) is 0.471. The Morgan fingerprint density at radius 1 is 1.05 bits per heavy atom. The van der Waals surface area contributed by atoms with Crippen LogP contribution in [0.15, 0.2) is 65.7 Å². The summed E-state index contributed by atoms with van der Waals surface area (Å²) in [6, 6.07) is 20.4. The van der Waals surface area contributed by atoms with Gasteiger partial charge in [-0.25, -0.2) is 0 Å². The summed E-state index contributed by atoms with van der Waals surface area (Å²) in [5, 5.41) is 6.77. The van der Waals surface area contributed by atoms with Crippen molar-refractivity contribution in [3.63, 3.8) is 0 Å². The number of benzene rings is 3. The number of carbonyl (C=O) groups excluding carboxylic acids is 1. The van der Waals surface area contributed by atoms with Crippen molar-refractivity contribution in [1.29, 1.82) is 0 Å². The minimum Gasteiger partial charge on any atom is -0.370 e.